The van der Waals surface area contributed by atoms with Crippen molar-refractivity contribution in [3.63, 3.8) is 0 Å². The summed E-state index contributed by atoms with van der Waals surface area (Å²) in [4.78, 5) is 36.6. The Balaban J connectivity index is 1.92. The van der Waals surface area contributed by atoms with Gasteiger partial charge in [-0.15, -0.1) is 0 Å². The molecule has 1 fully saturated rings. The first-order valence-corrected chi connectivity index (χ1v) is 7.46. The van der Waals surface area contributed by atoms with Gasteiger partial charge in [0.05, 0.1) is 17.9 Å². The third-order valence-corrected chi connectivity index (χ3v) is 4.36. The summed E-state index contributed by atoms with van der Waals surface area (Å²) in [5.74, 6) is -0.228. The number of methoxy groups -OCH3 is 1. The number of hydroxylamine groups is 1. The van der Waals surface area contributed by atoms with Gasteiger partial charge in [0.1, 0.15) is 12.6 Å². The number of carbonyl (C=O) groups is 2. The Morgan fingerprint density at radius 3 is 2.92 bits per heavy atom. The van der Waals surface area contributed by atoms with Gasteiger partial charge in [0.15, 0.2) is 5.84 Å². The number of ether oxygens (including phenoxy) is 1. The number of nitrogens with zero attached hydrogens (tertiary/aromatic N) is 5. The molecule has 2 atom stereocenters. The first-order chi connectivity index (χ1) is 11.5. The van der Waals surface area contributed by atoms with Crippen LogP contribution in [-0.2, 0) is 21.4 Å². The second-order valence-electron chi connectivity index (χ2n) is 5.69. The van der Waals surface area contributed by atoms with Crippen molar-refractivity contribution in [3.8, 4) is 0 Å². The molecule has 10 nitrogen and oxygen atoms in total. The van der Waals surface area contributed by atoms with Crippen molar-refractivity contribution in [1.29, 1.82) is 0 Å². The smallest absolute Gasteiger partial charge is 0.357 e. The van der Waals surface area contributed by atoms with Crippen LogP contribution in [0.3, 0.4) is 0 Å². The van der Waals surface area contributed by atoms with Gasteiger partial charge in [-0.1, -0.05) is 0 Å². The molecule has 24 heavy (non-hydrogen) atoms. The maximum atomic E-state index is 12.5. The van der Waals surface area contributed by atoms with Crippen molar-refractivity contribution in [3.05, 3.63) is 17.5 Å². The van der Waals surface area contributed by atoms with E-state index in [-0.39, 0.29) is 18.7 Å². The largest absolute Gasteiger partial charge is 0.373 e. The Hall–Kier alpha value is -2.62. The van der Waals surface area contributed by atoms with E-state index in [0.29, 0.717) is 12.4 Å². The Morgan fingerprint density at radius 1 is 1.50 bits per heavy atom. The molecule has 130 valence electrons. The molecule has 2 aliphatic heterocycles. The number of amides is 2. The van der Waals surface area contributed by atoms with Crippen molar-refractivity contribution in [2.75, 3.05) is 34.4 Å². The summed E-state index contributed by atoms with van der Waals surface area (Å²) in [5, 5.41) is 4.31. The van der Waals surface area contributed by atoms with E-state index in [1.54, 1.807) is 34.8 Å². The minimum atomic E-state index is -0.581. The predicted molar refractivity (Wildman–Crippen MR) is 83.0 cm³/mol. The van der Waals surface area contributed by atoms with Crippen LogP contribution in [-0.4, -0.2) is 71.8 Å². The third kappa shape index (κ3) is 2.39. The van der Waals surface area contributed by atoms with Crippen LogP contribution in [0.5, 0.6) is 0 Å². The lowest BCUT2D eigenvalue weighted by Crippen LogP contribution is -2.45. The van der Waals surface area contributed by atoms with Crippen molar-refractivity contribution in [2.24, 2.45) is 12.0 Å². The van der Waals surface area contributed by atoms with E-state index >= 15 is 0 Å². The van der Waals surface area contributed by atoms with Crippen LogP contribution >= 0.6 is 0 Å². The molecule has 0 saturated carbocycles. The lowest BCUT2D eigenvalue weighted by atomic mass is 9.97. The van der Waals surface area contributed by atoms with E-state index in [0.717, 1.165) is 11.3 Å². The zero-order valence-corrected chi connectivity index (χ0v) is 14.0. The highest BCUT2D eigenvalue weighted by molar-refractivity contribution is 5.94. The highest BCUT2D eigenvalue weighted by atomic mass is 16.7. The number of hydrogen-bond acceptors (Lipinski definition) is 6. The molecule has 1 saturated heterocycles. The molecule has 2 aliphatic rings. The average molecular weight is 336 g/mol. The van der Waals surface area contributed by atoms with Gasteiger partial charge in [-0.05, 0) is 0 Å². The molecule has 0 unspecified atom stereocenters. The minimum Gasteiger partial charge on any atom is -0.373 e. The summed E-state index contributed by atoms with van der Waals surface area (Å²) in [6.07, 6.45) is 1.77. The van der Waals surface area contributed by atoms with E-state index in [9.17, 15) is 9.59 Å². The van der Waals surface area contributed by atoms with E-state index < -0.39 is 12.0 Å². The number of rotatable bonds is 3. The van der Waals surface area contributed by atoms with E-state index in [1.165, 1.54) is 7.11 Å². The Labute approximate surface area is 139 Å². The van der Waals surface area contributed by atoms with Gasteiger partial charge in [-0.25, -0.2) is 15.1 Å². The van der Waals surface area contributed by atoms with E-state index in [1.807, 2.05) is 7.05 Å². The van der Waals surface area contributed by atoms with E-state index in [2.05, 4.69) is 15.6 Å². The maximum absolute atomic E-state index is 12.5. The molecule has 0 aromatic carbocycles. The topological polar surface area (TPSA) is 101 Å². The molecular weight excluding hydrogens is 316 g/mol. The first kappa shape index (κ1) is 16.2. The molecule has 0 aliphatic carbocycles. The van der Waals surface area contributed by atoms with Gasteiger partial charge < -0.3 is 19.4 Å². The normalized spacial score (nSPS) is 22.7. The van der Waals surface area contributed by atoms with Crippen molar-refractivity contribution < 1.29 is 19.2 Å². The molecule has 0 spiro atoms. The fourth-order valence-corrected chi connectivity index (χ4v) is 3.21. The second-order valence-corrected chi connectivity index (χ2v) is 5.69. The second kappa shape index (κ2) is 6.11. The third-order valence-electron chi connectivity index (χ3n) is 4.36. The highest BCUT2D eigenvalue weighted by Crippen LogP contribution is 2.42. The molecule has 2 amide bonds. The van der Waals surface area contributed by atoms with Crippen molar-refractivity contribution >= 4 is 17.8 Å². The number of fused-ring (bicyclic) bond motifs is 4. The Morgan fingerprint density at radius 2 is 2.25 bits per heavy atom. The van der Waals surface area contributed by atoms with Crippen molar-refractivity contribution in [1.82, 2.24) is 25.1 Å². The number of aromatic nitrogens is 2. The Kier molecular flexibility index (Phi) is 4.14. The maximum Gasteiger partial charge on any atom is 0.357 e. The number of likely N-dealkylation sites (N-methyl/N-ethyl adjacent to an activating group) is 1. The van der Waals surface area contributed by atoms with Gasteiger partial charge in [0.2, 0.25) is 0 Å². The number of carbonyl (C=O) groups excluding carboxylic acids is 2. The van der Waals surface area contributed by atoms with Crippen molar-refractivity contribution in [2.45, 2.75) is 12.1 Å². The van der Waals surface area contributed by atoms with E-state index in [4.69, 9.17) is 9.57 Å². The fourth-order valence-electron chi connectivity index (χ4n) is 3.21. The predicted octanol–water partition coefficient (Wildman–Crippen LogP) is -0.394. The van der Waals surface area contributed by atoms with Gasteiger partial charge in [0.25, 0.3) is 0 Å². The molecule has 1 aromatic heterocycles. The number of hydrogen-bond donors (Lipinski definition) is 1. The lowest BCUT2D eigenvalue weighted by Gasteiger charge is -2.32. The lowest BCUT2D eigenvalue weighted by molar-refractivity contribution is -0.152. The summed E-state index contributed by atoms with van der Waals surface area (Å²) < 4.78 is 6.44. The fraction of sp³-hybridized carbons (Fsp3) is 0.571. The minimum absolute atomic E-state index is 0.0356. The van der Waals surface area contributed by atoms with Gasteiger partial charge in [-0.2, -0.15) is 5.10 Å². The molecular formula is C14H20N6O4. The standard InChI is InChI=1S/C14H20N6O4/c1-15-13(17-24-10(21)7-23-4)12-11-8(5-16-19(11)3)9-6-20(12)14(22)18(9)2/h5,9,12H,6-7H2,1-4H3,(H,15,17)/t9-,12-/m0/s1. The molecule has 1 N–H and O–H groups in total. The molecule has 10 heteroatoms. The van der Waals surface area contributed by atoms with Crippen LogP contribution in [0.25, 0.3) is 0 Å². The zero-order chi connectivity index (χ0) is 17.4. The quantitative estimate of drug-likeness (QED) is 0.458. The average Bonchev–Trinajstić information content (AvgIpc) is 3.06. The molecule has 2 bridgehead atoms. The number of amidine groups is 1. The molecule has 3 rings (SSSR count). The van der Waals surface area contributed by atoms with Gasteiger partial charge in [-0.3, -0.25) is 9.67 Å². The molecule has 1 aromatic rings. The van der Waals surface area contributed by atoms with Crippen LogP contribution in [0.15, 0.2) is 11.2 Å². The number of aryl methyl sites for hydroxylation is 1. The number of urea groups is 1. The van der Waals surface area contributed by atoms with Crippen LogP contribution in [0.2, 0.25) is 0 Å². The van der Waals surface area contributed by atoms with Crippen LogP contribution in [0.1, 0.15) is 23.3 Å². The zero-order valence-electron chi connectivity index (χ0n) is 14.0. The van der Waals surface area contributed by atoms with Gasteiger partial charge in [0, 0.05) is 40.4 Å². The molecule has 3 heterocycles. The van der Waals surface area contributed by atoms with Crippen LogP contribution in [0, 0.1) is 0 Å². The summed E-state index contributed by atoms with van der Waals surface area (Å²) >= 11 is 0. The summed E-state index contributed by atoms with van der Waals surface area (Å²) in [5.41, 5.74) is 4.38. The van der Waals surface area contributed by atoms with Crippen LogP contribution in [0.4, 0.5) is 4.79 Å². The summed E-state index contributed by atoms with van der Waals surface area (Å²) in [7, 11) is 6.55. The number of nitrogens with one attached hydrogen (secondary N) is 1. The van der Waals surface area contributed by atoms with Gasteiger partial charge >= 0.3 is 12.0 Å². The monoisotopic (exact) mass is 336 g/mol. The Bertz CT molecular complexity index is 699. The first-order valence-electron chi connectivity index (χ1n) is 7.46. The van der Waals surface area contributed by atoms with Crippen LogP contribution < -0.4 is 5.48 Å². The summed E-state index contributed by atoms with van der Waals surface area (Å²) in [6, 6.07) is -0.638. The molecule has 0 radical (unpaired) electrons. The highest BCUT2D eigenvalue weighted by Gasteiger charge is 2.49. The SMILES string of the molecule is CN=C(NOC(=O)COC)[C@@H]1c2c(cnn2C)[C@@H]2CN1C(=O)N2C. The summed E-state index contributed by atoms with van der Waals surface area (Å²) in [6.45, 7) is 0.352. The number of aliphatic imine (C=N–C) groups is 1.